The van der Waals surface area contributed by atoms with E-state index < -0.39 is 0 Å². The Morgan fingerprint density at radius 2 is 1.74 bits per heavy atom. The summed E-state index contributed by atoms with van der Waals surface area (Å²) in [7, 11) is 0. The normalized spacial score (nSPS) is 10.2. The molecule has 0 aliphatic heterocycles. The molecule has 2 aromatic rings. The van der Waals surface area contributed by atoms with Gasteiger partial charge in [-0.1, -0.05) is 48.5 Å². The van der Waals surface area contributed by atoms with Crippen molar-refractivity contribution in [3.63, 3.8) is 0 Å². The number of hydrogen-bond acceptors (Lipinski definition) is 2. The molecule has 19 heavy (non-hydrogen) atoms. The fourth-order valence-electron chi connectivity index (χ4n) is 1.74. The van der Waals surface area contributed by atoms with Gasteiger partial charge in [0, 0.05) is 5.69 Å². The lowest BCUT2D eigenvalue weighted by molar-refractivity contribution is -0.121. The van der Waals surface area contributed by atoms with Crippen molar-refractivity contribution >= 4 is 11.6 Å². The monoisotopic (exact) mass is 255 g/mol. The molecule has 0 heterocycles. The number of rotatable bonds is 5. The van der Waals surface area contributed by atoms with E-state index in [1.54, 1.807) is 0 Å². The van der Waals surface area contributed by atoms with Crippen LogP contribution in [0.1, 0.15) is 11.1 Å². The van der Waals surface area contributed by atoms with E-state index in [2.05, 4.69) is 5.32 Å². The topological polar surface area (TPSA) is 38.3 Å². The second-order valence-corrected chi connectivity index (χ2v) is 4.34. The molecule has 3 heteroatoms. The van der Waals surface area contributed by atoms with Crippen molar-refractivity contribution in [1.82, 2.24) is 0 Å². The summed E-state index contributed by atoms with van der Waals surface area (Å²) in [5.41, 5.74) is 2.93. The number of anilines is 1. The second-order valence-electron chi connectivity index (χ2n) is 4.34. The molecule has 3 nitrogen and oxygen atoms in total. The largest absolute Gasteiger partial charge is 0.367 e. The zero-order valence-electron chi connectivity index (χ0n) is 10.9. The SMILES string of the molecule is Cc1ccccc1NC(=O)COCc1ccccc1. The fourth-order valence-corrected chi connectivity index (χ4v) is 1.74. The Hall–Kier alpha value is -2.13. The number of benzene rings is 2. The zero-order valence-corrected chi connectivity index (χ0v) is 10.9. The van der Waals surface area contributed by atoms with Gasteiger partial charge in [0.05, 0.1) is 6.61 Å². The minimum absolute atomic E-state index is 0.0588. The first-order valence-electron chi connectivity index (χ1n) is 6.23. The third-order valence-electron chi connectivity index (χ3n) is 2.76. The van der Waals surface area contributed by atoms with Gasteiger partial charge in [0.25, 0.3) is 0 Å². The van der Waals surface area contributed by atoms with Crippen LogP contribution in [0.5, 0.6) is 0 Å². The second kappa shape index (κ2) is 6.71. The molecule has 0 spiro atoms. The molecule has 0 aromatic heterocycles. The fraction of sp³-hybridized carbons (Fsp3) is 0.188. The van der Waals surface area contributed by atoms with Crippen LogP contribution in [0.15, 0.2) is 54.6 Å². The first-order chi connectivity index (χ1) is 9.25. The Balaban J connectivity index is 1.78. The van der Waals surface area contributed by atoms with Gasteiger partial charge in [-0.25, -0.2) is 0 Å². The van der Waals surface area contributed by atoms with E-state index in [1.165, 1.54) is 0 Å². The summed E-state index contributed by atoms with van der Waals surface area (Å²) in [6, 6.07) is 17.5. The van der Waals surface area contributed by atoms with Gasteiger partial charge in [-0.3, -0.25) is 4.79 Å². The summed E-state index contributed by atoms with van der Waals surface area (Å²) in [6.07, 6.45) is 0. The molecule has 0 aliphatic rings. The average Bonchev–Trinajstić information content (AvgIpc) is 2.43. The number of hydrogen-bond donors (Lipinski definition) is 1. The maximum atomic E-state index is 11.7. The van der Waals surface area contributed by atoms with E-state index in [0.29, 0.717) is 6.61 Å². The molecule has 0 aliphatic carbocycles. The van der Waals surface area contributed by atoms with E-state index in [1.807, 2.05) is 61.5 Å². The average molecular weight is 255 g/mol. The van der Waals surface area contributed by atoms with Gasteiger partial charge in [-0.2, -0.15) is 0 Å². The number of amides is 1. The smallest absolute Gasteiger partial charge is 0.250 e. The molecule has 2 aromatic carbocycles. The molecule has 0 unspecified atom stereocenters. The Labute approximate surface area is 113 Å². The standard InChI is InChI=1S/C16H17NO2/c1-13-7-5-6-10-15(13)17-16(18)12-19-11-14-8-3-2-4-9-14/h2-10H,11-12H2,1H3,(H,17,18). The third kappa shape index (κ3) is 4.23. The molecular weight excluding hydrogens is 238 g/mol. The number of para-hydroxylation sites is 1. The van der Waals surface area contributed by atoms with E-state index >= 15 is 0 Å². The molecule has 0 radical (unpaired) electrons. The Bertz CT molecular complexity index is 537. The minimum Gasteiger partial charge on any atom is -0.367 e. The molecule has 98 valence electrons. The van der Waals surface area contributed by atoms with Gasteiger partial charge in [-0.15, -0.1) is 0 Å². The lowest BCUT2D eigenvalue weighted by Crippen LogP contribution is -2.18. The van der Waals surface area contributed by atoms with Crippen LogP contribution < -0.4 is 5.32 Å². The summed E-state index contributed by atoms with van der Waals surface area (Å²) in [6.45, 7) is 2.46. The van der Waals surface area contributed by atoms with Gasteiger partial charge < -0.3 is 10.1 Å². The van der Waals surface area contributed by atoms with Crippen LogP contribution in [-0.2, 0) is 16.1 Å². The van der Waals surface area contributed by atoms with Crippen molar-refractivity contribution in [1.29, 1.82) is 0 Å². The van der Waals surface area contributed by atoms with E-state index in [4.69, 9.17) is 4.74 Å². The highest BCUT2D eigenvalue weighted by Crippen LogP contribution is 2.12. The van der Waals surface area contributed by atoms with Crippen LogP contribution in [0.4, 0.5) is 5.69 Å². The molecule has 0 fully saturated rings. The summed E-state index contributed by atoms with van der Waals surface area (Å²) in [5, 5.41) is 2.83. The molecule has 0 saturated heterocycles. The molecule has 1 N–H and O–H groups in total. The number of carbonyl (C=O) groups excluding carboxylic acids is 1. The minimum atomic E-state index is -0.134. The van der Waals surface area contributed by atoms with E-state index in [9.17, 15) is 4.79 Å². The van der Waals surface area contributed by atoms with Crippen LogP contribution in [0.25, 0.3) is 0 Å². The van der Waals surface area contributed by atoms with Gasteiger partial charge in [-0.05, 0) is 24.1 Å². The van der Waals surface area contributed by atoms with Crippen LogP contribution in [-0.4, -0.2) is 12.5 Å². The van der Waals surface area contributed by atoms with Crippen molar-refractivity contribution in [2.24, 2.45) is 0 Å². The zero-order chi connectivity index (χ0) is 13.5. The molecule has 0 atom stereocenters. The molecule has 2 rings (SSSR count). The number of nitrogens with one attached hydrogen (secondary N) is 1. The summed E-state index contributed by atoms with van der Waals surface area (Å²) < 4.78 is 5.38. The maximum Gasteiger partial charge on any atom is 0.250 e. The summed E-state index contributed by atoms with van der Waals surface area (Å²) in [4.78, 5) is 11.7. The number of carbonyl (C=O) groups is 1. The predicted molar refractivity (Wildman–Crippen MR) is 75.9 cm³/mol. The Kier molecular flexibility index (Phi) is 4.70. The van der Waals surface area contributed by atoms with Gasteiger partial charge in [0.2, 0.25) is 5.91 Å². The molecule has 1 amide bonds. The van der Waals surface area contributed by atoms with Crippen molar-refractivity contribution in [3.8, 4) is 0 Å². The lowest BCUT2D eigenvalue weighted by Gasteiger charge is -2.08. The maximum absolute atomic E-state index is 11.7. The third-order valence-corrected chi connectivity index (χ3v) is 2.76. The van der Waals surface area contributed by atoms with Crippen LogP contribution in [0.3, 0.4) is 0 Å². The van der Waals surface area contributed by atoms with Crippen LogP contribution in [0, 0.1) is 6.92 Å². The van der Waals surface area contributed by atoms with Gasteiger partial charge in [0.15, 0.2) is 0 Å². The van der Waals surface area contributed by atoms with Crippen LogP contribution >= 0.6 is 0 Å². The number of ether oxygens (including phenoxy) is 1. The Morgan fingerprint density at radius 3 is 2.47 bits per heavy atom. The highest BCUT2D eigenvalue weighted by atomic mass is 16.5. The van der Waals surface area contributed by atoms with Crippen LogP contribution in [0.2, 0.25) is 0 Å². The van der Waals surface area contributed by atoms with Crippen molar-refractivity contribution < 1.29 is 9.53 Å². The first kappa shape index (κ1) is 13.3. The predicted octanol–water partition coefficient (Wildman–Crippen LogP) is 3.15. The van der Waals surface area contributed by atoms with Gasteiger partial charge in [0.1, 0.15) is 6.61 Å². The summed E-state index contributed by atoms with van der Waals surface area (Å²) >= 11 is 0. The number of aryl methyl sites for hydroxylation is 1. The Morgan fingerprint density at radius 1 is 1.05 bits per heavy atom. The molecule has 0 saturated carbocycles. The van der Waals surface area contributed by atoms with Crippen molar-refractivity contribution in [3.05, 3.63) is 65.7 Å². The first-order valence-corrected chi connectivity index (χ1v) is 6.23. The lowest BCUT2D eigenvalue weighted by atomic mass is 10.2. The van der Waals surface area contributed by atoms with Crippen molar-refractivity contribution in [2.75, 3.05) is 11.9 Å². The quantitative estimate of drug-likeness (QED) is 0.891. The van der Waals surface area contributed by atoms with Crippen molar-refractivity contribution in [2.45, 2.75) is 13.5 Å². The molecular formula is C16H17NO2. The summed E-state index contributed by atoms with van der Waals surface area (Å²) in [5.74, 6) is -0.134. The van der Waals surface area contributed by atoms with E-state index in [-0.39, 0.29) is 12.5 Å². The van der Waals surface area contributed by atoms with Gasteiger partial charge >= 0.3 is 0 Å². The highest BCUT2D eigenvalue weighted by Gasteiger charge is 2.04. The van der Waals surface area contributed by atoms with E-state index in [0.717, 1.165) is 16.8 Å². The molecule has 0 bridgehead atoms. The highest BCUT2D eigenvalue weighted by molar-refractivity contribution is 5.92.